The molecule has 90 valence electrons. The Morgan fingerprint density at radius 3 is 2.61 bits per heavy atom. The number of hydrogen-bond donors (Lipinski definition) is 0. The van der Waals surface area contributed by atoms with Gasteiger partial charge in [-0.1, -0.05) is 6.92 Å². The van der Waals surface area contributed by atoms with Crippen molar-refractivity contribution in [1.29, 1.82) is 0 Å². The molecule has 0 saturated heterocycles. The van der Waals surface area contributed by atoms with E-state index in [1.807, 2.05) is 35.8 Å². The molecular weight excluding hydrogens is 224 g/mol. The first-order chi connectivity index (χ1) is 8.81. The average Bonchev–Trinajstić information content (AvgIpc) is 2.74. The average molecular weight is 238 g/mol. The molecule has 4 nitrogen and oxygen atoms in total. The highest BCUT2D eigenvalue weighted by Crippen LogP contribution is 2.24. The number of pyridine rings is 1. The molecule has 4 heteroatoms. The minimum atomic E-state index is 0.915. The molecule has 0 aliphatic rings. The van der Waals surface area contributed by atoms with Crippen LogP contribution in [0.15, 0.2) is 36.8 Å². The zero-order valence-corrected chi connectivity index (χ0v) is 10.5. The van der Waals surface area contributed by atoms with Gasteiger partial charge in [0.15, 0.2) is 5.65 Å². The van der Waals surface area contributed by atoms with Gasteiger partial charge in [-0.3, -0.25) is 4.98 Å². The number of fused-ring (bicyclic) bond motifs is 1. The number of aromatic nitrogens is 4. The summed E-state index contributed by atoms with van der Waals surface area (Å²) in [4.78, 5) is 8.69. The largest absolute Gasteiger partial charge is 0.265 e. The molecule has 3 rings (SSSR count). The molecule has 0 fully saturated rings. The van der Waals surface area contributed by atoms with Crippen molar-refractivity contribution in [3.8, 4) is 11.1 Å². The quantitative estimate of drug-likeness (QED) is 0.689. The fraction of sp³-hybridized carbons (Fsp3) is 0.214. The van der Waals surface area contributed by atoms with E-state index in [0.717, 1.165) is 28.9 Å². The second kappa shape index (κ2) is 4.22. The van der Waals surface area contributed by atoms with E-state index in [9.17, 15) is 0 Å². The molecule has 0 aliphatic heterocycles. The molecule has 0 unspecified atom stereocenters. The van der Waals surface area contributed by atoms with Gasteiger partial charge in [0.1, 0.15) is 0 Å². The van der Waals surface area contributed by atoms with Crippen LogP contribution in [0.4, 0.5) is 0 Å². The van der Waals surface area contributed by atoms with E-state index in [4.69, 9.17) is 0 Å². The predicted octanol–water partition coefficient (Wildman–Crippen LogP) is 2.66. The second-order valence-electron chi connectivity index (χ2n) is 4.21. The van der Waals surface area contributed by atoms with Gasteiger partial charge in [0, 0.05) is 24.2 Å². The van der Waals surface area contributed by atoms with Crippen molar-refractivity contribution in [3.05, 3.63) is 48.2 Å². The number of nitrogens with zero attached hydrogens (tertiary/aromatic N) is 4. The summed E-state index contributed by atoms with van der Waals surface area (Å²) in [5.74, 6) is 0. The zero-order chi connectivity index (χ0) is 12.5. The first-order valence-corrected chi connectivity index (χ1v) is 6.05. The number of aryl methyl sites for hydroxylation is 2. The maximum Gasteiger partial charge on any atom is 0.161 e. The van der Waals surface area contributed by atoms with Gasteiger partial charge in [0.05, 0.1) is 11.4 Å². The lowest BCUT2D eigenvalue weighted by Gasteiger charge is -2.03. The number of rotatable bonds is 2. The van der Waals surface area contributed by atoms with Crippen LogP contribution in [0.5, 0.6) is 0 Å². The molecule has 0 amide bonds. The van der Waals surface area contributed by atoms with Crippen molar-refractivity contribution in [1.82, 2.24) is 19.6 Å². The summed E-state index contributed by atoms with van der Waals surface area (Å²) in [7, 11) is 0. The van der Waals surface area contributed by atoms with E-state index >= 15 is 0 Å². The monoisotopic (exact) mass is 238 g/mol. The van der Waals surface area contributed by atoms with Crippen molar-refractivity contribution in [2.45, 2.75) is 20.3 Å². The lowest BCUT2D eigenvalue weighted by Crippen LogP contribution is -1.97. The van der Waals surface area contributed by atoms with Gasteiger partial charge in [0.25, 0.3) is 0 Å². The van der Waals surface area contributed by atoms with E-state index in [1.165, 1.54) is 5.69 Å². The molecule has 3 heterocycles. The molecule has 0 radical (unpaired) electrons. The van der Waals surface area contributed by atoms with Crippen molar-refractivity contribution in [2.75, 3.05) is 0 Å². The van der Waals surface area contributed by atoms with Crippen LogP contribution in [0.1, 0.15) is 18.3 Å². The molecule has 0 spiro atoms. The summed E-state index contributed by atoms with van der Waals surface area (Å²) < 4.78 is 1.94. The molecule has 0 bridgehead atoms. The van der Waals surface area contributed by atoms with Crippen LogP contribution >= 0.6 is 0 Å². The second-order valence-corrected chi connectivity index (χ2v) is 4.21. The molecule has 0 N–H and O–H groups in total. The van der Waals surface area contributed by atoms with Crippen LogP contribution < -0.4 is 0 Å². The van der Waals surface area contributed by atoms with E-state index in [1.54, 1.807) is 12.4 Å². The standard InChI is InChI=1S/C14H14N4/c1-3-13-10(2)17-14-12(6-9-16-18(13)14)11-4-7-15-8-5-11/h4-9H,3H2,1-2H3. The summed E-state index contributed by atoms with van der Waals surface area (Å²) in [6.07, 6.45) is 6.34. The van der Waals surface area contributed by atoms with Gasteiger partial charge in [-0.25, -0.2) is 9.50 Å². The van der Waals surface area contributed by atoms with Crippen molar-refractivity contribution in [3.63, 3.8) is 0 Å². The van der Waals surface area contributed by atoms with Gasteiger partial charge in [0.2, 0.25) is 0 Å². The topological polar surface area (TPSA) is 43.1 Å². The molecule has 0 aliphatic carbocycles. The minimum absolute atomic E-state index is 0.915. The summed E-state index contributed by atoms with van der Waals surface area (Å²) >= 11 is 0. The molecule has 0 atom stereocenters. The maximum absolute atomic E-state index is 4.64. The smallest absolute Gasteiger partial charge is 0.161 e. The van der Waals surface area contributed by atoms with Gasteiger partial charge in [-0.05, 0) is 37.1 Å². The number of imidazole rings is 1. The maximum atomic E-state index is 4.64. The normalized spacial score (nSPS) is 11.0. The third kappa shape index (κ3) is 1.57. The zero-order valence-electron chi connectivity index (χ0n) is 10.5. The third-order valence-electron chi connectivity index (χ3n) is 3.14. The van der Waals surface area contributed by atoms with Gasteiger partial charge in [-0.2, -0.15) is 5.10 Å². The van der Waals surface area contributed by atoms with Gasteiger partial charge < -0.3 is 0 Å². The van der Waals surface area contributed by atoms with Crippen LogP contribution in [0.2, 0.25) is 0 Å². The Labute approximate surface area is 105 Å². The van der Waals surface area contributed by atoms with Crippen molar-refractivity contribution in [2.24, 2.45) is 0 Å². The Kier molecular flexibility index (Phi) is 2.55. The Balaban J connectivity index is 2.32. The summed E-state index contributed by atoms with van der Waals surface area (Å²) in [5, 5.41) is 4.40. The Bertz CT molecular complexity index is 686. The molecule has 0 saturated carbocycles. The highest BCUT2D eigenvalue weighted by molar-refractivity contribution is 5.77. The summed E-state index contributed by atoms with van der Waals surface area (Å²) in [6, 6.07) is 5.98. The Morgan fingerprint density at radius 1 is 1.11 bits per heavy atom. The molecular formula is C14H14N4. The molecule has 3 aromatic rings. The van der Waals surface area contributed by atoms with Gasteiger partial charge >= 0.3 is 0 Å². The molecule has 3 aromatic heterocycles. The van der Waals surface area contributed by atoms with E-state index < -0.39 is 0 Å². The predicted molar refractivity (Wildman–Crippen MR) is 70.3 cm³/mol. The lowest BCUT2D eigenvalue weighted by molar-refractivity contribution is 0.853. The fourth-order valence-electron chi connectivity index (χ4n) is 2.26. The van der Waals surface area contributed by atoms with Crippen LogP contribution in [0.3, 0.4) is 0 Å². The summed E-state index contributed by atoms with van der Waals surface area (Å²) in [6.45, 7) is 4.15. The van der Waals surface area contributed by atoms with Crippen molar-refractivity contribution < 1.29 is 0 Å². The van der Waals surface area contributed by atoms with E-state index in [-0.39, 0.29) is 0 Å². The van der Waals surface area contributed by atoms with Crippen LogP contribution in [0.25, 0.3) is 16.8 Å². The lowest BCUT2D eigenvalue weighted by atomic mass is 10.1. The van der Waals surface area contributed by atoms with Crippen molar-refractivity contribution >= 4 is 5.65 Å². The first kappa shape index (κ1) is 10.9. The SMILES string of the molecule is CCc1c(C)nc2c(-c3ccncc3)ccnn12. The van der Waals surface area contributed by atoms with Crippen LogP contribution in [0, 0.1) is 6.92 Å². The highest BCUT2D eigenvalue weighted by atomic mass is 15.3. The van der Waals surface area contributed by atoms with Gasteiger partial charge in [-0.15, -0.1) is 0 Å². The number of hydrogen-bond acceptors (Lipinski definition) is 3. The third-order valence-corrected chi connectivity index (χ3v) is 3.14. The fourth-order valence-corrected chi connectivity index (χ4v) is 2.26. The minimum Gasteiger partial charge on any atom is -0.265 e. The van der Waals surface area contributed by atoms with Crippen LogP contribution in [-0.2, 0) is 6.42 Å². The molecule has 0 aromatic carbocycles. The van der Waals surface area contributed by atoms with Crippen LogP contribution in [-0.4, -0.2) is 19.6 Å². The summed E-state index contributed by atoms with van der Waals surface area (Å²) in [5.41, 5.74) is 5.34. The van der Waals surface area contributed by atoms with E-state index in [0.29, 0.717) is 0 Å². The highest BCUT2D eigenvalue weighted by Gasteiger charge is 2.12. The molecule has 18 heavy (non-hydrogen) atoms. The van der Waals surface area contributed by atoms with E-state index in [2.05, 4.69) is 22.0 Å². The Morgan fingerprint density at radius 2 is 1.89 bits per heavy atom. The Hall–Kier alpha value is -2.23. The first-order valence-electron chi connectivity index (χ1n) is 6.05.